The molecule has 21 nitrogen and oxygen atoms in total. The fraction of sp³-hybridized carbons (Fsp3) is 0.238. The third-order valence-electron chi connectivity index (χ3n) is 9.23. The third kappa shape index (κ3) is 11.9. The molecule has 0 aliphatic carbocycles. The van der Waals surface area contributed by atoms with Gasteiger partial charge in [0.1, 0.15) is 39.2 Å². The molecule has 0 atom stereocenters. The lowest BCUT2D eigenvalue weighted by atomic mass is 9.92. The molecule has 348 valence electrons. The van der Waals surface area contributed by atoms with E-state index in [4.69, 9.17) is 42.4 Å². The van der Waals surface area contributed by atoms with Gasteiger partial charge in [0.05, 0.1) is 29.9 Å². The van der Waals surface area contributed by atoms with E-state index >= 15 is 0 Å². The molecule has 3 aromatic carbocycles. The number of sulfonamides is 1. The van der Waals surface area contributed by atoms with E-state index in [1.165, 1.54) is 54.7 Å². The standard InChI is InChI=1S/C18H17FN4O2S.C13H13N5O6S.C11H8ClNO3/c1-4-5-22-13-7-12(11(19)6-14(13)25-9-16(22)24)20-17-23-10-18(2,3)8-15(23)21-26-17;1-7-14-11(17-13(15-7)24-2)16-12(21)18-25(22,23)9-6-4-3-5-8(9)10(19)20;12-8-3-4-9(16-6-10(14)15)11-7(8)2-1-5-13-11/h1,6-7H,5,8-10H2,2-3H3;3-6H,1-2H3,(H,19,20)(H2,14,15,16,17,18,21);1-5H,6H2,(H,14,15)/b20-17-;;. The van der Waals surface area contributed by atoms with Crippen LogP contribution in [0.15, 0.2) is 76.7 Å². The van der Waals surface area contributed by atoms with Crippen molar-refractivity contribution in [1.82, 2.24) is 33.6 Å². The largest absolute Gasteiger partial charge is 0.481 e. The number of terminal acetylenes is 1. The Morgan fingerprint density at radius 2 is 1.87 bits per heavy atom. The number of pyridine rings is 1. The number of benzene rings is 3. The van der Waals surface area contributed by atoms with Gasteiger partial charge in [-0.05, 0) is 54.8 Å². The highest BCUT2D eigenvalue weighted by atomic mass is 35.5. The lowest BCUT2D eigenvalue weighted by Crippen LogP contribution is -2.39. The minimum atomic E-state index is -4.43. The van der Waals surface area contributed by atoms with Crippen LogP contribution in [0.25, 0.3) is 10.9 Å². The van der Waals surface area contributed by atoms with Gasteiger partial charge in [0, 0.05) is 42.1 Å². The van der Waals surface area contributed by atoms with Crippen molar-refractivity contribution in [2.24, 2.45) is 10.4 Å². The minimum Gasteiger partial charge on any atom is -0.481 e. The average Bonchev–Trinajstić information content (AvgIpc) is 3.79. The highest BCUT2D eigenvalue weighted by molar-refractivity contribution is 7.90. The molecular weight excluding hydrogens is 939 g/mol. The van der Waals surface area contributed by atoms with Crippen LogP contribution >= 0.6 is 23.1 Å². The van der Waals surface area contributed by atoms with Crippen molar-refractivity contribution >= 4 is 85.3 Å². The normalized spacial score (nSPS) is 13.6. The topological polar surface area (TPSA) is 280 Å². The molecule has 25 heteroatoms. The van der Waals surface area contributed by atoms with Crippen molar-refractivity contribution in [3.63, 3.8) is 0 Å². The molecule has 0 radical (unpaired) electrons. The van der Waals surface area contributed by atoms with E-state index in [1.54, 1.807) is 35.2 Å². The number of nitrogens with zero attached hydrogens (tertiary/aromatic N) is 8. The van der Waals surface area contributed by atoms with Crippen molar-refractivity contribution < 1.29 is 56.4 Å². The number of carboxylic acids is 2. The van der Waals surface area contributed by atoms with Crippen molar-refractivity contribution in [2.75, 3.05) is 37.1 Å². The highest BCUT2D eigenvalue weighted by Crippen LogP contribution is 2.38. The van der Waals surface area contributed by atoms with E-state index in [2.05, 4.69) is 54.4 Å². The fourth-order valence-electron chi connectivity index (χ4n) is 6.40. The number of aromatic nitrogens is 6. The van der Waals surface area contributed by atoms with Gasteiger partial charge < -0.3 is 29.0 Å². The quantitative estimate of drug-likeness (QED) is 0.131. The summed E-state index contributed by atoms with van der Waals surface area (Å²) in [6.07, 6.45) is 7.82. The van der Waals surface area contributed by atoms with Crippen LogP contribution in [-0.4, -0.2) is 98.3 Å². The molecule has 0 unspecified atom stereocenters. The summed E-state index contributed by atoms with van der Waals surface area (Å²) in [6.45, 7) is 6.18. The molecule has 2 aliphatic rings. The summed E-state index contributed by atoms with van der Waals surface area (Å²) < 4.78 is 62.4. The smallest absolute Gasteiger partial charge is 0.341 e. The van der Waals surface area contributed by atoms with Gasteiger partial charge >= 0.3 is 24.0 Å². The molecule has 8 rings (SSSR count). The molecule has 4 N–H and O–H groups in total. The Balaban J connectivity index is 0.000000171. The number of hydrogen-bond acceptors (Lipinski definition) is 16. The number of urea groups is 1. The van der Waals surface area contributed by atoms with Crippen molar-refractivity contribution in [2.45, 2.75) is 38.6 Å². The zero-order chi connectivity index (χ0) is 48.6. The van der Waals surface area contributed by atoms with Crippen molar-refractivity contribution in [1.29, 1.82) is 0 Å². The maximum atomic E-state index is 14.5. The number of rotatable bonds is 10. The second-order valence-electron chi connectivity index (χ2n) is 14.8. The average molecular weight is 977 g/mol. The molecule has 3 aromatic heterocycles. The molecule has 0 fully saturated rings. The summed E-state index contributed by atoms with van der Waals surface area (Å²) in [7, 11) is -3.11. The lowest BCUT2D eigenvalue weighted by molar-refractivity contribution is -0.139. The molecule has 5 heterocycles. The lowest BCUT2D eigenvalue weighted by Gasteiger charge is -2.28. The Kier molecular flexibility index (Phi) is 15.0. The predicted molar refractivity (Wildman–Crippen MR) is 240 cm³/mol. The first kappa shape index (κ1) is 48.7. The number of aliphatic carboxylic acids is 1. The van der Waals surface area contributed by atoms with Crippen LogP contribution in [0.4, 0.5) is 26.5 Å². The number of amides is 3. The van der Waals surface area contributed by atoms with Crippen LogP contribution in [0, 0.1) is 30.5 Å². The van der Waals surface area contributed by atoms with Gasteiger partial charge in [-0.2, -0.15) is 19.3 Å². The molecule has 67 heavy (non-hydrogen) atoms. The van der Waals surface area contributed by atoms with Crippen LogP contribution in [0.2, 0.25) is 5.02 Å². The van der Waals surface area contributed by atoms with E-state index < -0.39 is 50.9 Å². The predicted octanol–water partition coefficient (Wildman–Crippen LogP) is 5.01. The molecule has 3 amide bonds. The number of aryl methyl sites for hydroxylation is 1. The summed E-state index contributed by atoms with van der Waals surface area (Å²) >= 11 is 7.22. The Hall–Kier alpha value is -7.75. The molecule has 0 saturated heterocycles. The second-order valence-corrected chi connectivity index (χ2v) is 17.6. The zero-order valence-corrected chi connectivity index (χ0v) is 38.1. The maximum absolute atomic E-state index is 14.5. The molecule has 2 aliphatic heterocycles. The first-order chi connectivity index (χ1) is 31.8. The first-order valence-corrected chi connectivity index (χ1v) is 22.0. The molecular formula is C42H38ClFN10O11S2. The van der Waals surface area contributed by atoms with E-state index in [1.807, 2.05) is 4.57 Å². The number of hydrogen-bond donors (Lipinski definition) is 4. The minimum absolute atomic E-state index is 0.0677. The summed E-state index contributed by atoms with van der Waals surface area (Å²) in [5.74, 6) is 0.872. The highest BCUT2D eigenvalue weighted by Gasteiger charge is 2.31. The number of carbonyl (C=O) groups is 4. The van der Waals surface area contributed by atoms with Gasteiger partial charge in [0.15, 0.2) is 19.0 Å². The molecule has 0 spiro atoms. The van der Waals surface area contributed by atoms with Gasteiger partial charge in [0.2, 0.25) is 10.7 Å². The summed E-state index contributed by atoms with van der Waals surface area (Å²) in [5.41, 5.74) is 0.772. The molecule has 0 bridgehead atoms. The number of carbonyl (C=O) groups excluding carboxylic acids is 2. The Morgan fingerprint density at radius 3 is 2.58 bits per heavy atom. The van der Waals surface area contributed by atoms with Gasteiger partial charge in [-0.25, -0.2) is 36.9 Å². The second kappa shape index (κ2) is 20.6. The Labute approximate surface area is 389 Å². The SMILES string of the molecule is C#CCN1C(=O)COc2cc(F)c(/N=c3\snc4n3CC(C)(C)C4)cc21.COc1nc(C)nc(NC(=O)NS(=O)(=O)c2ccccc2C(=O)O)n1.O=C(O)COc1ccc(Cl)c2cccnc12. The number of methoxy groups -OCH3 is 1. The number of ether oxygens (including phenoxy) is 3. The number of halogens is 2. The molecule has 0 saturated carbocycles. The fourth-order valence-corrected chi connectivity index (χ4v) is 8.48. The monoisotopic (exact) mass is 976 g/mol. The van der Waals surface area contributed by atoms with Crippen molar-refractivity contribution in [3.8, 4) is 29.9 Å². The van der Waals surface area contributed by atoms with Crippen LogP contribution in [0.3, 0.4) is 0 Å². The Bertz CT molecular complexity index is 3140. The third-order valence-corrected chi connectivity index (χ3v) is 11.7. The van der Waals surface area contributed by atoms with Crippen molar-refractivity contribution in [3.05, 3.63) is 99.7 Å². The number of fused-ring (bicyclic) bond motifs is 3. The summed E-state index contributed by atoms with van der Waals surface area (Å²) in [4.78, 5) is 66.9. The Morgan fingerprint density at radius 1 is 1.10 bits per heavy atom. The van der Waals surface area contributed by atoms with E-state index in [9.17, 15) is 32.0 Å². The van der Waals surface area contributed by atoms with Gasteiger partial charge in [-0.15, -0.1) is 6.42 Å². The maximum Gasteiger partial charge on any atom is 0.341 e. The first-order valence-electron chi connectivity index (χ1n) is 19.4. The van der Waals surface area contributed by atoms with Crippen LogP contribution < -0.4 is 34.0 Å². The van der Waals surface area contributed by atoms with Crippen LogP contribution in [0.1, 0.15) is 35.9 Å². The molecule has 6 aromatic rings. The van der Waals surface area contributed by atoms with Crippen LogP contribution in [0.5, 0.6) is 17.5 Å². The zero-order valence-electron chi connectivity index (χ0n) is 35.7. The van der Waals surface area contributed by atoms with Gasteiger partial charge in [0.25, 0.3) is 15.9 Å². The number of nitrogens with one attached hydrogen (secondary N) is 2. The van der Waals surface area contributed by atoms with Crippen LogP contribution in [-0.2, 0) is 32.6 Å². The summed E-state index contributed by atoms with van der Waals surface area (Å²) in [5, 5.41) is 21.0. The number of anilines is 2. The number of carboxylic acid groups (broad SMARTS) is 2. The van der Waals surface area contributed by atoms with E-state index in [0.717, 1.165) is 36.3 Å². The summed E-state index contributed by atoms with van der Waals surface area (Å²) in [6, 6.07) is 13.2. The van der Waals surface area contributed by atoms with E-state index in [-0.39, 0.29) is 47.9 Å². The number of aromatic carboxylic acids is 1. The van der Waals surface area contributed by atoms with E-state index in [0.29, 0.717) is 32.5 Å². The van der Waals surface area contributed by atoms with Gasteiger partial charge in [-0.3, -0.25) is 20.0 Å². The van der Waals surface area contributed by atoms with Gasteiger partial charge in [-0.1, -0.05) is 43.5 Å².